The molecule has 0 bridgehead atoms. The normalized spacial score (nSPS) is 12.5. The van der Waals surface area contributed by atoms with Gasteiger partial charge >= 0.3 is 0 Å². The predicted octanol–water partition coefficient (Wildman–Crippen LogP) is 6.29. The fourth-order valence-electron chi connectivity index (χ4n) is 7.89. The van der Waals surface area contributed by atoms with E-state index in [-0.39, 0.29) is 10.1 Å². The monoisotopic (exact) mass is 935 g/mol. The Labute approximate surface area is 392 Å². The van der Waals surface area contributed by atoms with Gasteiger partial charge in [-0.2, -0.15) is 0 Å². The first-order valence-electron chi connectivity index (χ1n) is 23.3. The molecular formula is C52H78O11Si2. The third-order valence-electron chi connectivity index (χ3n) is 10.9. The average Bonchev–Trinajstić information content (AvgIpc) is 3.31. The molecule has 0 aliphatic carbocycles. The molecule has 4 rings (SSSR count). The van der Waals surface area contributed by atoms with E-state index < -0.39 is 16.6 Å². The summed E-state index contributed by atoms with van der Waals surface area (Å²) in [4.78, 5) is 0. The number of ether oxygens (including phenoxy) is 9. The zero-order valence-electron chi connectivity index (χ0n) is 40.2. The van der Waals surface area contributed by atoms with Gasteiger partial charge in [0.25, 0.3) is 16.6 Å². The standard InChI is InChI=1S/C52H78O11Si2/c1-51(2,3)64(47-19-11-7-12-20-47,48-21-13-8-14-22-48)62-45-43-60-41-39-58-37-35-56-33-31-54-29-27-53-28-30-55-32-34-57-36-38-59-40-42-61-44-46-63-65(52(4,5)6,49-23-15-9-16-24-49)50-25-17-10-18-26-50/h7-26H,27-46H2,1-6H3. The van der Waals surface area contributed by atoms with Gasteiger partial charge < -0.3 is 51.5 Å². The van der Waals surface area contributed by atoms with Crippen molar-refractivity contribution in [3.63, 3.8) is 0 Å². The highest BCUT2D eigenvalue weighted by Crippen LogP contribution is 2.37. The van der Waals surface area contributed by atoms with Crippen LogP contribution in [0.15, 0.2) is 121 Å². The minimum atomic E-state index is -2.55. The van der Waals surface area contributed by atoms with Gasteiger partial charge in [0.15, 0.2) is 0 Å². The zero-order valence-corrected chi connectivity index (χ0v) is 42.2. The number of benzene rings is 4. The van der Waals surface area contributed by atoms with Crippen LogP contribution in [0.3, 0.4) is 0 Å². The lowest BCUT2D eigenvalue weighted by Gasteiger charge is -2.43. The molecule has 0 unspecified atom stereocenters. The third kappa shape index (κ3) is 18.5. The van der Waals surface area contributed by atoms with Crippen molar-refractivity contribution in [2.45, 2.75) is 51.6 Å². The Bertz CT molecular complexity index is 1540. The molecular weight excluding hydrogens is 857 g/mol. The number of hydrogen-bond donors (Lipinski definition) is 0. The Hall–Kier alpha value is -3.13. The maximum atomic E-state index is 6.87. The van der Waals surface area contributed by atoms with Crippen LogP contribution < -0.4 is 20.7 Å². The molecule has 0 saturated carbocycles. The summed E-state index contributed by atoms with van der Waals surface area (Å²) in [6.07, 6.45) is 0. The van der Waals surface area contributed by atoms with E-state index >= 15 is 0 Å². The second-order valence-corrected chi connectivity index (χ2v) is 26.1. The third-order valence-corrected chi connectivity index (χ3v) is 21.0. The molecule has 4 aromatic rings. The average molecular weight is 935 g/mol. The Morgan fingerprint density at radius 3 is 0.554 bits per heavy atom. The quantitative estimate of drug-likeness (QED) is 0.0381. The molecule has 0 N–H and O–H groups in total. The van der Waals surface area contributed by atoms with Crippen molar-refractivity contribution in [3.05, 3.63) is 121 Å². The summed E-state index contributed by atoms with van der Waals surface area (Å²) in [6, 6.07) is 42.6. The summed E-state index contributed by atoms with van der Waals surface area (Å²) in [5.74, 6) is 0. The van der Waals surface area contributed by atoms with E-state index in [0.717, 1.165) is 0 Å². The zero-order chi connectivity index (χ0) is 46.4. The van der Waals surface area contributed by atoms with E-state index in [2.05, 4.69) is 163 Å². The smallest absolute Gasteiger partial charge is 0.261 e. The molecule has 0 aliphatic rings. The first kappa shape index (κ1) is 54.5. The molecule has 13 heteroatoms. The maximum Gasteiger partial charge on any atom is 0.261 e. The Morgan fingerprint density at radius 1 is 0.246 bits per heavy atom. The van der Waals surface area contributed by atoms with Gasteiger partial charge in [-0.3, -0.25) is 0 Å². The van der Waals surface area contributed by atoms with Gasteiger partial charge in [0.1, 0.15) is 0 Å². The molecule has 4 aromatic carbocycles. The van der Waals surface area contributed by atoms with E-state index in [1.165, 1.54) is 20.7 Å². The molecule has 0 atom stereocenters. The highest BCUT2D eigenvalue weighted by Gasteiger charge is 2.51. The number of hydrogen-bond acceptors (Lipinski definition) is 11. The molecule has 0 heterocycles. The summed E-state index contributed by atoms with van der Waals surface area (Å²) < 4.78 is 64.8. The number of rotatable bonds is 36. The summed E-state index contributed by atoms with van der Waals surface area (Å²) in [5.41, 5.74) is 0. The van der Waals surface area contributed by atoms with Crippen LogP contribution >= 0.6 is 0 Å². The molecule has 0 fully saturated rings. The molecule has 0 spiro atoms. The van der Waals surface area contributed by atoms with Crippen molar-refractivity contribution in [3.8, 4) is 0 Å². The molecule has 0 amide bonds. The van der Waals surface area contributed by atoms with Gasteiger partial charge in [-0.25, -0.2) is 0 Å². The van der Waals surface area contributed by atoms with E-state index in [1.54, 1.807) is 0 Å². The molecule has 65 heavy (non-hydrogen) atoms. The predicted molar refractivity (Wildman–Crippen MR) is 265 cm³/mol. The van der Waals surface area contributed by atoms with Gasteiger partial charge in [-0.1, -0.05) is 163 Å². The van der Waals surface area contributed by atoms with Gasteiger partial charge in [0.2, 0.25) is 0 Å². The minimum Gasteiger partial charge on any atom is -0.405 e. The van der Waals surface area contributed by atoms with Crippen LogP contribution in [0.5, 0.6) is 0 Å². The van der Waals surface area contributed by atoms with Crippen molar-refractivity contribution in [2.75, 3.05) is 132 Å². The van der Waals surface area contributed by atoms with E-state index in [4.69, 9.17) is 51.5 Å². The topological polar surface area (TPSA) is 102 Å². The fraction of sp³-hybridized carbons (Fsp3) is 0.538. The molecule has 0 aromatic heterocycles. The molecule has 0 radical (unpaired) electrons. The van der Waals surface area contributed by atoms with E-state index in [9.17, 15) is 0 Å². The van der Waals surface area contributed by atoms with E-state index in [0.29, 0.717) is 132 Å². The lowest BCUT2D eigenvalue weighted by Crippen LogP contribution is -2.66. The van der Waals surface area contributed by atoms with Crippen LogP contribution in [0.25, 0.3) is 0 Å². The molecule has 360 valence electrons. The van der Waals surface area contributed by atoms with Gasteiger partial charge in [0, 0.05) is 0 Å². The van der Waals surface area contributed by atoms with Gasteiger partial charge in [0.05, 0.1) is 132 Å². The van der Waals surface area contributed by atoms with Crippen LogP contribution in [-0.4, -0.2) is 149 Å². The van der Waals surface area contributed by atoms with Crippen LogP contribution in [0.2, 0.25) is 10.1 Å². The van der Waals surface area contributed by atoms with E-state index in [1.807, 2.05) is 0 Å². The lowest BCUT2D eigenvalue weighted by atomic mass is 10.2. The highest BCUT2D eigenvalue weighted by molar-refractivity contribution is 7.00. The largest absolute Gasteiger partial charge is 0.405 e. The Balaban J connectivity index is 0.880. The highest BCUT2D eigenvalue weighted by atomic mass is 28.4. The van der Waals surface area contributed by atoms with Crippen molar-refractivity contribution >= 4 is 37.4 Å². The second-order valence-electron chi connectivity index (χ2n) is 17.5. The van der Waals surface area contributed by atoms with Crippen LogP contribution in [0, 0.1) is 0 Å². The minimum absolute atomic E-state index is 0.0604. The second kappa shape index (κ2) is 31.0. The lowest BCUT2D eigenvalue weighted by molar-refractivity contribution is -0.0258. The first-order chi connectivity index (χ1) is 31.6. The molecule has 11 nitrogen and oxygen atoms in total. The maximum absolute atomic E-state index is 6.87. The summed E-state index contributed by atoms with van der Waals surface area (Å²) >= 11 is 0. The van der Waals surface area contributed by atoms with Crippen molar-refractivity contribution in [2.24, 2.45) is 0 Å². The van der Waals surface area contributed by atoms with Crippen LogP contribution in [-0.2, 0) is 51.5 Å². The molecule has 0 saturated heterocycles. The van der Waals surface area contributed by atoms with Gasteiger partial charge in [-0.05, 0) is 30.8 Å². The SMILES string of the molecule is CC(C)(C)[Si](OCCOCCOCCOCCOCCOCCOCCOCCOCCOCCO[Si](c1ccccc1)(c1ccccc1)C(C)(C)C)(c1ccccc1)c1ccccc1. The van der Waals surface area contributed by atoms with Crippen LogP contribution in [0.4, 0.5) is 0 Å². The Morgan fingerprint density at radius 2 is 0.400 bits per heavy atom. The first-order valence-corrected chi connectivity index (χ1v) is 27.1. The summed E-state index contributed by atoms with van der Waals surface area (Å²) in [5, 5.41) is 4.95. The van der Waals surface area contributed by atoms with Gasteiger partial charge in [-0.15, -0.1) is 0 Å². The van der Waals surface area contributed by atoms with Crippen molar-refractivity contribution in [1.82, 2.24) is 0 Å². The van der Waals surface area contributed by atoms with Crippen molar-refractivity contribution in [1.29, 1.82) is 0 Å². The fourth-order valence-corrected chi connectivity index (χ4v) is 17.0. The van der Waals surface area contributed by atoms with Crippen LogP contribution in [0.1, 0.15) is 41.5 Å². The summed E-state index contributed by atoms with van der Waals surface area (Å²) in [6.45, 7) is 23.8. The molecule has 0 aliphatic heterocycles. The summed E-state index contributed by atoms with van der Waals surface area (Å²) in [7, 11) is -5.10. The van der Waals surface area contributed by atoms with Crippen molar-refractivity contribution < 1.29 is 51.5 Å². The Kier molecular flexibility index (Phi) is 26.0.